The van der Waals surface area contributed by atoms with Gasteiger partial charge in [-0.3, -0.25) is 0 Å². The highest BCUT2D eigenvalue weighted by molar-refractivity contribution is 5.72. The van der Waals surface area contributed by atoms with E-state index in [1.807, 2.05) is 0 Å². The molecule has 1 N–H and O–H groups in total. The molecule has 0 fully saturated rings. The third-order valence-electron chi connectivity index (χ3n) is 3.73. The summed E-state index contributed by atoms with van der Waals surface area (Å²) in [5, 5.41) is 3.52. The van der Waals surface area contributed by atoms with Gasteiger partial charge in [0.15, 0.2) is 0 Å². The van der Waals surface area contributed by atoms with E-state index >= 15 is 0 Å². The molecule has 1 nitrogen and oxygen atoms in total. The van der Waals surface area contributed by atoms with Crippen molar-refractivity contribution in [3.05, 3.63) is 53.1 Å². The van der Waals surface area contributed by atoms with Crippen LogP contribution in [0.4, 0.5) is 5.69 Å². The molecule has 0 amide bonds. The number of fused-ring (bicyclic) bond motifs is 1. The van der Waals surface area contributed by atoms with Crippen LogP contribution < -0.4 is 5.32 Å². The Labute approximate surface area is 109 Å². The Morgan fingerprint density at radius 2 is 1.72 bits per heavy atom. The molecule has 18 heavy (non-hydrogen) atoms. The minimum atomic E-state index is 1.11. The van der Waals surface area contributed by atoms with Gasteiger partial charge in [-0.25, -0.2) is 0 Å². The summed E-state index contributed by atoms with van der Waals surface area (Å²) >= 11 is 0. The number of anilines is 1. The van der Waals surface area contributed by atoms with Crippen molar-refractivity contribution in [2.45, 2.75) is 26.7 Å². The second-order valence-electron chi connectivity index (χ2n) is 5.22. The fourth-order valence-corrected chi connectivity index (χ4v) is 2.72. The molecule has 1 heteroatoms. The Morgan fingerprint density at radius 3 is 2.50 bits per heavy atom. The molecule has 1 heterocycles. The molecule has 0 aliphatic carbocycles. The molecule has 0 aromatic heterocycles. The van der Waals surface area contributed by atoms with Crippen LogP contribution in [0.2, 0.25) is 0 Å². The van der Waals surface area contributed by atoms with Crippen LogP contribution in [0.5, 0.6) is 0 Å². The quantitative estimate of drug-likeness (QED) is 0.778. The second-order valence-corrected chi connectivity index (χ2v) is 5.22. The summed E-state index contributed by atoms with van der Waals surface area (Å²) in [6.07, 6.45) is 2.44. The van der Waals surface area contributed by atoms with Gasteiger partial charge in [0.1, 0.15) is 0 Å². The van der Waals surface area contributed by atoms with Gasteiger partial charge < -0.3 is 5.32 Å². The van der Waals surface area contributed by atoms with Crippen LogP contribution in [-0.4, -0.2) is 6.54 Å². The average Bonchev–Trinajstić information content (AvgIpc) is 2.39. The number of nitrogens with one attached hydrogen (secondary N) is 1. The van der Waals surface area contributed by atoms with Crippen molar-refractivity contribution in [2.24, 2.45) is 0 Å². The van der Waals surface area contributed by atoms with Crippen LogP contribution in [0.25, 0.3) is 11.1 Å². The first-order valence-electron chi connectivity index (χ1n) is 6.68. The van der Waals surface area contributed by atoms with E-state index in [4.69, 9.17) is 0 Å². The maximum atomic E-state index is 3.52. The first-order valence-corrected chi connectivity index (χ1v) is 6.68. The summed E-state index contributed by atoms with van der Waals surface area (Å²) in [4.78, 5) is 0. The largest absolute Gasteiger partial charge is 0.385 e. The van der Waals surface area contributed by atoms with Gasteiger partial charge in [0.2, 0.25) is 0 Å². The first kappa shape index (κ1) is 11.3. The van der Waals surface area contributed by atoms with Gasteiger partial charge >= 0.3 is 0 Å². The fraction of sp³-hybridized carbons (Fsp3) is 0.294. The minimum Gasteiger partial charge on any atom is -0.385 e. The summed E-state index contributed by atoms with van der Waals surface area (Å²) < 4.78 is 0. The predicted octanol–water partition coefficient (Wildman–Crippen LogP) is 4.33. The SMILES string of the molecule is Cc1ccc(-c2cc(C)c3c(c2)CCCN3)cc1. The molecule has 0 saturated carbocycles. The Kier molecular flexibility index (Phi) is 2.83. The molecule has 3 rings (SSSR count). The van der Waals surface area contributed by atoms with Crippen LogP contribution in [0.3, 0.4) is 0 Å². The van der Waals surface area contributed by atoms with Crippen molar-refractivity contribution >= 4 is 5.69 Å². The van der Waals surface area contributed by atoms with E-state index in [1.54, 1.807) is 0 Å². The highest BCUT2D eigenvalue weighted by Gasteiger charge is 2.12. The first-order chi connectivity index (χ1) is 8.74. The van der Waals surface area contributed by atoms with E-state index in [-0.39, 0.29) is 0 Å². The number of hydrogen-bond donors (Lipinski definition) is 1. The molecule has 0 saturated heterocycles. The van der Waals surface area contributed by atoms with Gasteiger partial charge in [-0.2, -0.15) is 0 Å². The molecular weight excluding hydrogens is 218 g/mol. The standard InChI is InChI=1S/C17H19N/c1-12-5-7-14(8-6-12)16-10-13(2)17-15(11-16)4-3-9-18-17/h5-8,10-11,18H,3-4,9H2,1-2H3. The zero-order valence-corrected chi connectivity index (χ0v) is 11.1. The van der Waals surface area contributed by atoms with Crippen molar-refractivity contribution < 1.29 is 0 Å². The molecule has 2 aromatic carbocycles. The molecule has 92 valence electrons. The van der Waals surface area contributed by atoms with Gasteiger partial charge in [-0.05, 0) is 61.1 Å². The molecule has 0 bridgehead atoms. The summed E-state index contributed by atoms with van der Waals surface area (Å²) in [5.74, 6) is 0. The lowest BCUT2D eigenvalue weighted by Crippen LogP contribution is -2.13. The van der Waals surface area contributed by atoms with Gasteiger partial charge in [-0.1, -0.05) is 29.8 Å². The molecule has 0 radical (unpaired) electrons. The lowest BCUT2D eigenvalue weighted by Gasteiger charge is -2.21. The maximum absolute atomic E-state index is 3.52. The highest BCUT2D eigenvalue weighted by atomic mass is 14.9. The summed E-state index contributed by atoms with van der Waals surface area (Å²) in [6, 6.07) is 13.4. The number of aryl methyl sites for hydroxylation is 3. The van der Waals surface area contributed by atoms with E-state index < -0.39 is 0 Å². The monoisotopic (exact) mass is 237 g/mol. The van der Waals surface area contributed by atoms with E-state index in [0.29, 0.717) is 0 Å². The van der Waals surface area contributed by atoms with Crippen LogP contribution in [0.15, 0.2) is 36.4 Å². The highest BCUT2D eigenvalue weighted by Crippen LogP contribution is 2.31. The van der Waals surface area contributed by atoms with E-state index in [9.17, 15) is 0 Å². The van der Waals surface area contributed by atoms with E-state index in [1.165, 1.54) is 46.3 Å². The van der Waals surface area contributed by atoms with Crippen molar-refractivity contribution in [3.63, 3.8) is 0 Å². The third-order valence-corrected chi connectivity index (χ3v) is 3.73. The molecule has 0 unspecified atom stereocenters. The minimum absolute atomic E-state index is 1.11. The molecule has 2 aromatic rings. The Hall–Kier alpha value is -1.76. The van der Waals surface area contributed by atoms with Crippen LogP contribution in [-0.2, 0) is 6.42 Å². The normalized spacial score (nSPS) is 13.9. The number of hydrogen-bond acceptors (Lipinski definition) is 1. The zero-order chi connectivity index (χ0) is 12.5. The van der Waals surface area contributed by atoms with Gasteiger partial charge in [-0.15, -0.1) is 0 Å². The summed E-state index contributed by atoms with van der Waals surface area (Å²) in [6.45, 7) is 5.44. The van der Waals surface area contributed by atoms with E-state index in [0.717, 1.165) is 6.54 Å². The van der Waals surface area contributed by atoms with E-state index in [2.05, 4.69) is 55.6 Å². The van der Waals surface area contributed by atoms with Crippen molar-refractivity contribution in [2.75, 3.05) is 11.9 Å². The third kappa shape index (κ3) is 2.01. The molecular formula is C17H19N. The molecule has 1 aliphatic rings. The second kappa shape index (κ2) is 4.49. The lowest BCUT2D eigenvalue weighted by molar-refractivity contribution is 0.828. The molecule has 1 aliphatic heterocycles. The van der Waals surface area contributed by atoms with Crippen LogP contribution in [0, 0.1) is 13.8 Å². The average molecular weight is 237 g/mol. The molecule has 0 atom stereocenters. The maximum Gasteiger partial charge on any atom is 0.0402 e. The van der Waals surface area contributed by atoms with Gasteiger partial charge in [0.25, 0.3) is 0 Å². The number of benzene rings is 2. The van der Waals surface area contributed by atoms with Gasteiger partial charge in [0.05, 0.1) is 0 Å². The summed E-state index contributed by atoms with van der Waals surface area (Å²) in [7, 11) is 0. The topological polar surface area (TPSA) is 12.0 Å². The lowest BCUT2D eigenvalue weighted by atomic mass is 9.94. The Balaban J connectivity index is 2.08. The van der Waals surface area contributed by atoms with Crippen molar-refractivity contribution in [1.29, 1.82) is 0 Å². The van der Waals surface area contributed by atoms with Gasteiger partial charge in [0, 0.05) is 12.2 Å². The van der Waals surface area contributed by atoms with Crippen LogP contribution >= 0.6 is 0 Å². The zero-order valence-electron chi connectivity index (χ0n) is 11.1. The molecule has 0 spiro atoms. The smallest absolute Gasteiger partial charge is 0.0402 e. The summed E-state index contributed by atoms with van der Waals surface area (Å²) in [5.41, 5.74) is 8.17. The fourth-order valence-electron chi connectivity index (χ4n) is 2.72. The number of rotatable bonds is 1. The Bertz CT molecular complexity index is 567. The van der Waals surface area contributed by atoms with Crippen molar-refractivity contribution in [3.8, 4) is 11.1 Å². The van der Waals surface area contributed by atoms with Crippen molar-refractivity contribution in [1.82, 2.24) is 0 Å². The van der Waals surface area contributed by atoms with Crippen LogP contribution in [0.1, 0.15) is 23.1 Å². The Morgan fingerprint density at radius 1 is 0.944 bits per heavy atom. The predicted molar refractivity (Wildman–Crippen MR) is 78.2 cm³/mol.